The average Bonchev–Trinajstić information content (AvgIpc) is 3.36. The average molecular weight is 500 g/mol. The van der Waals surface area contributed by atoms with Gasteiger partial charge in [-0.05, 0) is 42.3 Å². The van der Waals surface area contributed by atoms with Crippen molar-refractivity contribution in [2.24, 2.45) is 10.9 Å². The number of guanidine groups is 1. The van der Waals surface area contributed by atoms with Crippen molar-refractivity contribution in [3.63, 3.8) is 0 Å². The molecular formula is C20H29IN4OS. The predicted molar refractivity (Wildman–Crippen MR) is 126 cm³/mol. The van der Waals surface area contributed by atoms with Crippen molar-refractivity contribution in [1.29, 1.82) is 0 Å². The zero-order valence-corrected chi connectivity index (χ0v) is 19.1. The molecule has 1 aliphatic heterocycles. The molecular weight excluding hydrogens is 471 g/mol. The third-order valence-corrected chi connectivity index (χ3v) is 5.67. The molecule has 0 amide bonds. The van der Waals surface area contributed by atoms with Crippen LogP contribution in [0.25, 0.3) is 0 Å². The first-order valence-corrected chi connectivity index (χ1v) is 10.0. The summed E-state index contributed by atoms with van der Waals surface area (Å²) in [5.74, 6) is 2.44. The van der Waals surface area contributed by atoms with Gasteiger partial charge in [0.25, 0.3) is 0 Å². The highest BCUT2D eigenvalue weighted by molar-refractivity contribution is 14.0. The summed E-state index contributed by atoms with van der Waals surface area (Å²) in [6.45, 7) is 3.94. The maximum Gasteiger partial charge on any atom is 0.190 e. The Labute approximate surface area is 183 Å². The summed E-state index contributed by atoms with van der Waals surface area (Å²) in [5.41, 5.74) is 1.19. The fourth-order valence-corrected chi connectivity index (χ4v) is 4.04. The van der Waals surface area contributed by atoms with Gasteiger partial charge in [-0.2, -0.15) is 0 Å². The number of ether oxygens (including phenoxy) is 1. The van der Waals surface area contributed by atoms with Gasteiger partial charge in [-0.15, -0.1) is 35.3 Å². The summed E-state index contributed by atoms with van der Waals surface area (Å²) in [6, 6.07) is 12.5. The second-order valence-electron chi connectivity index (χ2n) is 6.48. The number of thiophene rings is 1. The van der Waals surface area contributed by atoms with E-state index < -0.39 is 0 Å². The molecule has 2 aromatic rings. The van der Waals surface area contributed by atoms with Gasteiger partial charge in [0, 0.05) is 38.1 Å². The third-order valence-electron chi connectivity index (χ3n) is 4.74. The molecule has 1 atom stereocenters. The Hall–Kier alpha value is -1.48. The number of nitrogens with one attached hydrogen (secondary N) is 2. The summed E-state index contributed by atoms with van der Waals surface area (Å²) in [5, 5.41) is 9.00. The highest BCUT2D eigenvalue weighted by Gasteiger charge is 2.24. The molecule has 148 valence electrons. The predicted octanol–water partition coefficient (Wildman–Crippen LogP) is 3.61. The van der Waals surface area contributed by atoms with Crippen molar-refractivity contribution >= 4 is 47.0 Å². The van der Waals surface area contributed by atoms with Crippen LogP contribution < -0.4 is 20.3 Å². The van der Waals surface area contributed by atoms with Crippen molar-refractivity contribution in [3.8, 4) is 5.75 Å². The Morgan fingerprint density at radius 2 is 2.11 bits per heavy atom. The molecule has 1 aliphatic rings. The number of aliphatic imine (C=N–C) groups is 1. The monoisotopic (exact) mass is 500 g/mol. The Morgan fingerprint density at radius 3 is 2.85 bits per heavy atom. The molecule has 0 bridgehead atoms. The van der Waals surface area contributed by atoms with Crippen molar-refractivity contribution in [3.05, 3.63) is 46.7 Å². The molecule has 2 heterocycles. The maximum atomic E-state index is 5.50. The van der Waals surface area contributed by atoms with Gasteiger partial charge < -0.3 is 20.3 Å². The van der Waals surface area contributed by atoms with E-state index in [2.05, 4.69) is 50.2 Å². The molecule has 7 heteroatoms. The van der Waals surface area contributed by atoms with Crippen molar-refractivity contribution in [1.82, 2.24) is 10.6 Å². The normalized spacial score (nSPS) is 16.7. The molecule has 1 aromatic carbocycles. The van der Waals surface area contributed by atoms with Crippen LogP contribution in [0.5, 0.6) is 5.75 Å². The zero-order valence-electron chi connectivity index (χ0n) is 16.0. The minimum absolute atomic E-state index is 0. The number of hydrogen-bond acceptors (Lipinski definition) is 4. The van der Waals surface area contributed by atoms with Gasteiger partial charge in [-0.3, -0.25) is 4.99 Å². The SMILES string of the molecule is CN=C(NCCc1cccs1)NCC1CCN(c2ccccc2OC)C1.I. The molecule has 1 aromatic heterocycles. The lowest BCUT2D eigenvalue weighted by Gasteiger charge is -2.21. The van der Waals surface area contributed by atoms with E-state index in [4.69, 9.17) is 4.74 Å². The van der Waals surface area contributed by atoms with Crippen LogP contribution in [0.1, 0.15) is 11.3 Å². The van der Waals surface area contributed by atoms with Crippen LogP contribution >= 0.6 is 35.3 Å². The maximum absolute atomic E-state index is 5.50. The van der Waals surface area contributed by atoms with Crippen LogP contribution in [-0.2, 0) is 6.42 Å². The van der Waals surface area contributed by atoms with E-state index in [0.29, 0.717) is 5.92 Å². The molecule has 0 radical (unpaired) electrons. The van der Waals surface area contributed by atoms with Crippen molar-refractivity contribution < 1.29 is 4.74 Å². The number of halogens is 1. The van der Waals surface area contributed by atoms with Crippen LogP contribution in [0.2, 0.25) is 0 Å². The third kappa shape index (κ3) is 6.27. The summed E-state index contributed by atoms with van der Waals surface area (Å²) in [4.78, 5) is 8.15. The van der Waals surface area contributed by atoms with E-state index in [1.165, 1.54) is 17.0 Å². The molecule has 1 fully saturated rings. The van der Waals surface area contributed by atoms with Gasteiger partial charge in [0.1, 0.15) is 5.75 Å². The smallest absolute Gasteiger partial charge is 0.190 e. The molecule has 0 aliphatic carbocycles. The van der Waals surface area contributed by atoms with Crippen LogP contribution in [0.15, 0.2) is 46.8 Å². The first-order chi connectivity index (χ1) is 12.8. The molecule has 3 rings (SSSR count). The summed E-state index contributed by atoms with van der Waals surface area (Å²) in [6.07, 6.45) is 2.21. The van der Waals surface area contributed by atoms with Crippen molar-refractivity contribution in [2.75, 3.05) is 45.2 Å². The molecule has 0 spiro atoms. The Morgan fingerprint density at radius 1 is 1.26 bits per heavy atom. The largest absolute Gasteiger partial charge is 0.495 e. The first kappa shape index (κ1) is 21.8. The standard InChI is InChI=1S/C20H28N4OS.HI/c1-21-20(22-11-9-17-6-5-13-26-17)23-14-16-10-12-24(15-16)18-7-3-4-8-19(18)25-2;/h3-8,13,16H,9-12,14-15H2,1-2H3,(H2,21,22,23);1H. The lowest BCUT2D eigenvalue weighted by Crippen LogP contribution is -2.41. The summed E-state index contributed by atoms with van der Waals surface area (Å²) >= 11 is 1.80. The fraction of sp³-hybridized carbons (Fsp3) is 0.450. The molecule has 0 saturated carbocycles. The van der Waals surface area contributed by atoms with Gasteiger partial charge in [-0.25, -0.2) is 0 Å². The second-order valence-corrected chi connectivity index (χ2v) is 7.51. The van der Waals surface area contributed by atoms with E-state index in [0.717, 1.165) is 44.3 Å². The number of hydrogen-bond donors (Lipinski definition) is 2. The van der Waals surface area contributed by atoms with E-state index >= 15 is 0 Å². The van der Waals surface area contributed by atoms with Crippen LogP contribution in [0.3, 0.4) is 0 Å². The molecule has 1 saturated heterocycles. The molecule has 27 heavy (non-hydrogen) atoms. The van der Waals surface area contributed by atoms with E-state index in [1.54, 1.807) is 18.4 Å². The molecule has 2 N–H and O–H groups in total. The quantitative estimate of drug-likeness (QED) is 0.347. The molecule has 5 nitrogen and oxygen atoms in total. The zero-order chi connectivity index (χ0) is 18.2. The van der Waals surface area contributed by atoms with E-state index in [-0.39, 0.29) is 24.0 Å². The van der Waals surface area contributed by atoms with Gasteiger partial charge in [-0.1, -0.05) is 18.2 Å². The Bertz CT molecular complexity index is 708. The highest BCUT2D eigenvalue weighted by atomic mass is 127. The number of para-hydroxylation sites is 2. The minimum atomic E-state index is 0. The van der Waals surface area contributed by atoms with E-state index in [9.17, 15) is 0 Å². The van der Waals surface area contributed by atoms with Gasteiger partial charge in [0.2, 0.25) is 0 Å². The summed E-state index contributed by atoms with van der Waals surface area (Å²) < 4.78 is 5.50. The van der Waals surface area contributed by atoms with Crippen LogP contribution in [0, 0.1) is 5.92 Å². The number of benzene rings is 1. The van der Waals surface area contributed by atoms with Crippen LogP contribution in [-0.4, -0.2) is 46.3 Å². The fourth-order valence-electron chi connectivity index (χ4n) is 3.33. The lowest BCUT2D eigenvalue weighted by atomic mass is 10.1. The Kier molecular flexibility index (Phi) is 9.20. The first-order valence-electron chi connectivity index (χ1n) is 9.15. The Balaban J connectivity index is 0.00000261. The summed E-state index contributed by atoms with van der Waals surface area (Å²) in [7, 11) is 3.57. The number of methoxy groups -OCH3 is 1. The highest BCUT2D eigenvalue weighted by Crippen LogP contribution is 2.31. The number of anilines is 1. The lowest BCUT2D eigenvalue weighted by molar-refractivity contribution is 0.414. The van der Waals surface area contributed by atoms with Crippen molar-refractivity contribution in [2.45, 2.75) is 12.8 Å². The van der Waals surface area contributed by atoms with Gasteiger partial charge in [0.15, 0.2) is 5.96 Å². The second kappa shape index (κ2) is 11.4. The number of rotatable bonds is 7. The van der Waals surface area contributed by atoms with Gasteiger partial charge >= 0.3 is 0 Å². The van der Waals surface area contributed by atoms with E-state index in [1.807, 2.05) is 19.2 Å². The number of nitrogens with zero attached hydrogens (tertiary/aromatic N) is 2. The topological polar surface area (TPSA) is 48.9 Å². The minimum Gasteiger partial charge on any atom is -0.495 e. The molecule has 1 unspecified atom stereocenters. The van der Waals surface area contributed by atoms with Gasteiger partial charge in [0.05, 0.1) is 12.8 Å². The van der Waals surface area contributed by atoms with Crippen LogP contribution in [0.4, 0.5) is 5.69 Å².